The molecule has 0 radical (unpaired) electrons. The van der Waals surface area contributed by atoms with Gasteiger partial charge < -0.3 is 15.0 Å². The minimum absolute atomic E-state index is 0.243. The third-order valence-electron chi connectivity index (χ3n) is 2.91. The number of aryl methyl sites for hydroxylation is 1. The van der Waals surface area contributed by atoms with E-state index in [0.29, 0.717) is 25.7 Å². The van der Waals surface area contributed by atoms with Crippen molar-refractivity contribution in [2.45, 2.75) is 39.0 Å². The Morgan fingerprint density at radius 3 is 2.74 bits per heavy atom. The molecule has 1 fully saturated rings. The summed E-state index contributed by atoms with van der Waals surface area (Å²) < 4.78 is 7.03. The number of nitrogens with one attached hydrogen (secondary N) is 1. The Kier molecular flexibility index (Phi) is 3.75. The summed E-state index contributed by atoms with van der Waals surface area (Å²) in [4.78, 5) is 13.4. The van der Waals surface area contributed by atoms with Crippen molar-refractivity contribution in [2.24, 2.45) is 7.05 Å². The summed E-state index contributed by atoms with van der Waals surface area (Å²) in [5.74, 6) is 0. The van der Waals surface area contributed by atoms with Crippen molar-refractivity contribution < 1.29 is 9.53 Å². The molecular weight excluding hydrogens is 246 g/mol. The van der Waals surface area contributed by atoms with Gasteiger partial charge in [-0.3, -0.25) is 4.68 Å². The topological polar surface area (TPSA) is 72.3 Å². The van der Waals surface area contributed by atoms with Gasteiger partial charge in [-0.2, -0.15) is 0 Å². The van der Waals surface area contributed by atoms with Gasteiger partial charge in [0.1, 0.15) is 5.60 Å². The maximum absolute atomic E-state index is 11.7. The fraction of sp³-hybridized carbons (Fsp3) is 0.750. The molecule has 1 aromatic rings. The molecule has 2 rings (SSSR count). The summed E-state index contributed by atoms with van der Waals surface area (Å²) in [6.07, 6.45) is 1.49. The number of likely N-dealkylation sites (tertiary alicyclic amines) is 1. The highest BCUT2D eigenvalue weighted by Crippen LogP contribution is 2.15. The Hall–Kier alpha value is -1.63. The predicted molar refractivity (Wildman–Crippen MR) is 69.4 cm³/mol. The maximum atomic E-state index is 11.7. The van der Waals surface area contributed by atoms with Crippen LogP contribution in [0.25, 0.3) is 0 Å². The molecule has 0 unspecified atom stereocenters. The second-order valence-electron chi connectivity index (χ2n) is 5.81. The zero-order chi connectivity index (χ0) is 14.0. The van der Waals surface area contributed by atoms with Crippen LogP contribution in [0.15, 0.2) is 6.20 Å². The van der Waals surface area contributed by atoms with Crippen LogP contribution in [0.1, 0.15) is 26.5 Å². The van der Waals surface area contributed by atoms with Gasteiger partial charge in [0.05, 0.1) is 11.9 Å². The Morgan fingerprint density at radius 2 is 2.21 bits per heavy atom. The van der Waals surface area contributed by atoms with Crippen LogP contribution in [-0.2, 0) is 18.3 Å². The quantitative estimate of drug-likeness (QED) is 0.864. The number of nitrogens with zero attached hydrogens (tertiary/aromatic N) is 4. The van der Waals surface area contributed by atoms with Crippen molar-refractivity contribution >= 4 is 6.09 Å². The van der Waals surface area contributed by atoms with E-state index in [-0.39, 0.29) is 6.09 Å². The van der Waals surface area contributed by atoms with Gasteiger partial charge in [0, 0.05) is 32.7 Å². The van der Waals surface area contributed by atoms with Crippen LogP contribution in [0.5, 0.6) is 0 Å². The number of amides is 1. The van der Waals surface area contributed by atoms with Crippen LogP contribution in [0, 0.1) is 0 Å². The number of hydrogen-bond donors (Lipinski definition) is 1. The molecule has 1 aromatic heterocycles. The lowest BCUT2D eigenvalue weighted by molar-refractivity contribution is 0.00513. The smallest absolute Gasteiger partial charge is 0.410 e. The van der Waals surface area contributed by atoms with Crippen molar-refractivity contribution in [3.63, 3.8) is 0 Å². The first kappa shape index (κ1) is 13.8. The average Bonchev–Trinajstić information content (AvgIpc) is 2.59. The third-order valence-corrected chi connectivity index (χ3v) is 2.91. The van der Waals surface area contributed by atoms with Gasteiger partial charge in [-0.1, -0.05) is 5.21 Å². The first-order valence-electron chi connectivity index (χ1n) is 6.40. The van der Waals surface area contributed by atoms with Crippen LogP contribution in [-0.4, -0.2) is 50.7 Å². The fourth-order valence-corrected chi connectivity index (χ4v) is 1.80. The first-order valence-corrected chi connectivity index (χ1v) is 6.40. The Labute approximate surface area is 112 Å². The van der Waals surface area contributed by atoms with Crippen molar-refractivity contribution in [3.8, 4) is 0 Å². The normalized spacial score (nSPS) is 16.3. The van der Waals surface area contributed by atoms with Gasteiger partial charge in [0.15, 0.2) is 0 Å². The molecule has 0 spiro atoms. The number of rotatable bonds is 3. The minimum Gasteiger partial charge on any atom is -0.444 e. The average molecular weight is 267 g/mol. The number of aromatic nitrogens is 3. The van der Waals surface area contributed by atoms with Gasteiger partial charge in [0.2, 0.25) is 0 Å². The molecule has 1 aliphatic heterocycles. The molecule has 0 saturated carbocycles. The third kappa shape index (κ3) is 3.66. The Balaban J connectivity index is 1.69. The molecule has 19 heavy (non-hydrogen) atoms. The zero-order valence-electron chi connectivity index (χ0n) is 11.9. The van der Waals surface area contributed by atoms with Crippen molar-refractivity contribution in [3.05, 3.63) is 11.9 Å². The summed E-state index contributed by atoms with van der Waals surface area (Å²) >= 11 is 0. The monoisotopic (exact) mass is 267 g/mol. The second kappa shape index (κ2) is 5.16. The molecule has 0 aromatic carbocycles. The highest BCUT2D eigenvalue weighted by Gasteiger charge is 2.33. The van der Waals surface area contributed by atoms with Crippen molar-refractivity contribution in [2.75, 3.05) is 13.1 Å². The summed E-state index contributed by atoms with van der Waals surface area (Å²) in [6, 6.07) is 0.308. The van der Waals surface area contributed by atoms with Gasteiger partial charge in [-0.25, -0.2) is 4.79 Å². The van der Waals surface area contributed by atoms with Crippen LogP contribution < -0.4 is 5.32 Å². The SMILES string of the molecule is Cn1nncc1CNC1CN(C(=O)OC(C)(C)C)C1. The molecule has 0 aliphatic carbocycles. The van der Waals surface area contributed by atoms with Gasteiger partial charge >= 0.3 is 6.09 Å². The molecule has 1 aliphatic rings. The molecule has 7 nitrogen and oxygen atoms in total. The number of carbonyl (C=O) groups excluding carboxylic acids is 1. The zero-order valence-corrected chi connectivity index (χ0v) is 11.9. The molecular formula is C12H21N5O2. The number of hydrogen-bond acceptors (Lipinski definition) is 5. The summed E-state index contributed by atoms with van der Waals surface area (Å²) in [5, 5.41) is 11.0. The maximum Gasteiger partial charge on any atom is 0.410 e. The van der Waals surface area contributed by atoms with E-state index in [1.165, 1.54) is 0 Å². The van der Waals surface area contributed by atoms with Crippen LogP contribution in [0.3, 0.4) is 0 Å². The molecule has 106 valence electrons. The molecule has 1 N–H and O–H groups in total. The Morgan fingerprint density at radius 1 is 1.53 bits per heavy atom. The van der Waals surface area contributed by atoms with E-state index in [9.17, 15) is 4.79 Å². The van der Waals surface area contributed by atoms with E-state index >= 15 is 0 Å². The van der Waals surface area contributed by atoms with E-state index in [0.717, 1.165) is 5.69 Å². The molecule has 0 bridgehead atoms. The van der Waals surface area contributed by atoms with Gasteiger partial charge in [0.25, 0.3) is 0 Å². The molecule has 1 amide bonds. The summed E-state index contributed by atoms with van der Waals surface area (Å²) in [7, 11) is 1.86. The first-order chi connectivity index (χ1) is 8.85. The Bertz CT molecular complexity index is 445. The largest absolute Gasteiger partial charge is 0.444 e. The lowest BCUT2D eigenvalue weighted by Gasteiger charge is -2.40. The fourth-order valence-electron chi connectivity index (χ4n) is 1.80. The van der Waals surface area contributed by atoms with E-state index in [4.69, 9.17) is 4.74 Å². The molecule has 1 saturated heterocycles. The van der Waals surface area contributed by atoms with E-state index in [2.05, 4.69) is 15.6 Å². The van der Waals surface area contributed by atoms with Crippen molar-refractivity contribution in [1.29, 1.82) is 0 Å². The number of ether oxygens (including phenoxy) is 1. The van der Waals surface area contributed by atoms with E-state index in [1.807, 2.05) is 27.8 Å². The lowest BCUT2D eigenvalue weighted by Crippen LogP contribution is -2.60. The molecule has 7 heteroatoms. The standard InChI is InChI=1S/C12H21N5O2/c1-12(2,3)19-11(18)17-7-9(8-17)13-5-10-6-14-15-16(10)4/h6,9,13H,5,7-8H2,1-4H3. The molecule has 0 atom stereocenters. The van der Waals surface area contributed by atoms with E-state index in [1.54, 1.807) is 15.8 Å². The highest BCUT2D eigenvalue weighted by atomic mass is 16.6. The lowest BCUT2D eigenvalue weighted by atomic mass is 10.1. The predicted octanol–water partition coefficient (Wildman–Crippen LogP) is 0.524. The minimum atomic E-state index is -0.435. The van der Waals surface area contributed by atoms with Crippen LogP contribution in [0.4, 0.5) is 4.79 Å². The molecule has 2 heterocycles. The van der Waals surface area contributed by atoms with Crippen LogP contribution >= 0.6 is 0 Å². The van der Waals surface area contributed by atoms with Crippen molar-refractivity contribution in [1.82, 2.24) is 25.2 Å². The number of carbonyl (C=O) groups is 1. The van der Waals surface area contributed by atoms with Gasteiger partial charge in [-0.15, -0.1) is 5.10 Å². The summed E-state index contributed by atoms with van der Waals surface area (Å²) in [5.41, 5.74) is 0.589. The van der Waals surface area contributed by atoms with E-state index < -0.39 is 5.60 Å². The van der Waals surface area contributed by atoms with Crippen LogP contribution in [0.2, 0.25) is 0 Å². The summed E-state index contributed by atoms with van der Waals surface area (Å²) in [6.45, 7) is 7.68. The highest BCUT2D eigenvalue weighted by molar-refractivity contribution is 5.69. The second-order valence-corrected chi connectivity index (χ2v) is 5.81. The van der Waals surface area contributed by atoms with Gasteiger partial charge in [-0.05, 0) is 20.8 Å².